The Labute approximate surface area is 116 Å². The minimum atomic E-state index is -0.184. The van der Waals surface area contributed by atoms with E-state index in [-0.39, 0.29) is 18.8 Å². The molecule has 1 aromatic heterocycles. The van der Waals surface area contributed by atoms with E-state index in [0.29, 0.717) is 30.6 Å². The van der Waals surface area contributed by atoms with Crippen molar-refractivity contribution in [3.05, 3.63) is 34.6 Å². The smallest absolute Gasteiger partial charge is 0.278 e. The van der Waals surface area contributed by atoms with Crippen LogP contribution in [-0.2, 0) is 11.4 Å². The number of hydrogen-bond donors (Lipinski definition) is 1. The lowest BCUT2D eigenvalue weighted by Gasteiger charge is -2.20. The van der Waals surface area contributed by atoms with Gasteiger partial charge in [0.25, 0.3) is 5.56 Å². The van der Waals surface area contributed by atoms with E-state index in [1.165, 1.54) is 4.68 Å². The summed E-state index contributed by atoms with van der Waals surface area (Å²) in [4.78, 5) is 14.2. The molecule has 1 heterocycles. The lowest BCUT2D eigenvalue weighted by molar-refractivity contribution is 0.105. The fraction of sp³-hybridized carbons (Fsp3) is 0.462. The number of nitrogens with zero attached hydrogens (tertiary/aromatic N) is 4. The Bertz CT molecular complexity index is 614. The Hall–Kier alpha value is -1.83. The molecular weight excluding hydrogens is 260 g/mol. The SMILES string of the molecule is COCCN(CCO)Cn1nnc2ccccc2c1=O. The Morgan fingerprint density at radius 3 is 2.90 bits per heavy atom. The fourth-order valence-electron chi connectivity index (χ4n) is 1.92. The van der Waals surface area contributed by atoms with Crippen molar-refractivity contribution in [2.24, 2.45) is 0 Å². The zero-order chi connectivity index (χ0) is 14.4. The zero-order valence-electron chi connectivity index (χ0n) is 11.4. The zero-order valence-corrected chi connectivity index (χ0v) is 11.4. The summed E-state index contributed by atoms with van der Waals surface area (Å²) in [7, 11) is 1.61. The second kappa shape index (κ2) is 7.09. The highest BCUT2D eigenvalue weighted by molar-refractivity contribution is 5.76. The summed E-state index contributed by atoms with van der Waals surface area (Å²) in [6.07, 6.45) is 0. The normalized spacial score (nSPS) is 11.3. The standard InChI is InChI=1S/C13H18N4O3/c1-20-9-7-16(6-8-18)10-17-13(19)11-4-2-3-5-12(11)14-15-17/h2-5,18H,6-10H2,1H3. The predicted molar refractivity (Wildman–Crippen MR) is 74.3 cm³/mol. The number of methoxy groups -OCH3 is 1. The summed E-state index contributed by atoms with van der Waals surface area (Å²) >= 11 is 0. The number of aliphatic hydroxyl groups is 1. The average Bonchev–Trinajstić information content (AvgIpc) is 2.48. The monoisotopic (exact) mass is 278 g/mol. The quantitative estimate of drug-likeness (QED) is 0.748. The molecule has 7 heteroatoms. The average molecular weight is 278 g/mol. The molecule has 0 saturated heterocycles. The highest BCUT2D eigenvalue weighted by Crippen LogP contribution is 2.03. The molecule has 0 fully saturated rings. The number of aliphatic hydroxyl groups excluding tert-OH is 1. The molecule has 108 valence electrons. The van der Waals surface area contributed by atoms with Gasteiger partial charge in [-0.2, -0.15) is 4.68 Å². The van der Waals surface area contributed by atoms with Gasteiger partial charge in [0.05, 0.1) is 25.3 Å². The number of benzene rings is 1. The maximum absolute atomic E-state index is 12.3. The Kier molecular flexibility index (Phi) is 5.16. The van der Waals surface area contributed by atoms with Crippen molar-refractivity contribution < 1.29 is 9.84 Å². The number of ether oxygens (including phenoxy) is 1. The summed E-state index contributed by atoms with van der Waals surface area (Å²) in [5, 5.41) is 17.5. The van der Waals surface area contributed by atoms with Crippen LogP contribution in [-0.4, -0.2) is 58.4 Å². The molecular formula is C13H18N4O3. The molecule has 0 aliphatic rings. The van der Waals surface area contributed by atoms with Crippen molar-refractivity contribution in [3.8, 4) is 0 Å². The minimum Gasteiger partial charge on any atom is -0.395 e. The summed E-state index contributed by atoms with van der Waals surface area (Å²) in [6.45, 7) is 1.87. The maximum Gasteiger partial charge on any atom is 0.278 e. The topological polar surface area (TPSA) is 80.5 Å². The van der Waals surface area contributed by atoms with Crippen LogP contribution in [0.25, 0.3) is 10.9 Å². The van der Waals surface area contributed by atoms with Crippen molar-refractivity contribution in [2.75, 3.05) is 33.4 Å². The van der Waals surface area contributed by atoms with Gasteiger partial charge in [-0.25, -0.2) is 0 Å². The lowest BCUT2D eigenvalue weighted by Crippen LogP contribution is -2.37. The number of rotatable bonds is 7. The van der Waals surface area contributed by atoms with Gasteiger partial charge in [0.2, 0.25) is 0 Å². The van der Waals surface area contributed by atoms with Crippen molar-refractivity contribution in [2.45, 2.75) is 6.67 Å². The molecule has 0 atom stereocenters. The molecule has 0 spiro atoms. The molecule has 0 unspecified atom stereocenters. The van der Waals surface area contributed by atoms with Crippen LogP contribution in [0.1, 0.15) is 0 Å². The Morgan fingerprint density at radius 2 is 2.15 bits per heavy atom. The predicted octanol–water partition coefficient (Wildman–Crippen LogP) is -0.310. The van der Waals surface area contributed by atoms with Crippen molar-refractivity contribution in [1.82, 2.24) is 19.9 Å². The van der Waals surface area contributed by atoms with Crippen LogP contribution in [0.2, 0.25) is 0 Å². The number of aromatic nitrogens is 3. The van der Waals surface area contributed by atoms with Gasteiger partial charge < -0.3 is 9.84 Å². The summed E-state index contributed by atoms with van der Waals surface area (Å²) in [5.74, 6) is 0. The van der Waals surface area contributed by atoms with Gasteiger partial charge in [0.15, 0.2) is 0 Å². The highest BCUT2D eigenvalue weighted by atomic mass is 16.5. The molecule has 0 aliphatic carbocycles. The van der Waals surface area contributed by atoms with Crippen LogP contribution >= 0.6 is 0 Å². The van der Waals surface area contributed by atoms with Crippen molar-refractivity contribution in [1.29, 1.82) is 0 Å². The third-order valence-corrected chi connectivity index (χ3v) is 2.99. The number of hydrogen-bond acceptors (Lipinski definition) is 6. The lowest BCUT2D eigenvalue weighted by atomic mass is 10.2. The fourth-order valence-corrected chi connectivity index (χ4v) is 1.92. The van der Waals surface area contributed by atoms with E-state index >= 15 is 0 Å². The van der Waals surface area contributed by atoms with Gasteiger partial charge in [-0.05, 0) is 12.1 Å². The second-order valence-electron chi connectivity index (χ2n) is 4.39. The molecule has 7 nitrogen and oxygen atoms in total. The highest BCUT2D eigenvalue weighted by Gasteiger charge is 2.09. The first-order valence-electron chi connectivity index (χ1n) is 6.41. The summed E-state index contributed by atoms with van der Waals surface area (Å²) in [6, 6.07) is 7.10. The van der Waals surface area contributed by atoms with E-state index in [1.54, 1.807) is 25.3 Å². The van der Waals surface area contributed by atoms with Crippen LogP contribution in [0.15, 0.2) is 29.1 Å². The van der Waals surface area contributed by atoms with Crippen LogP contribution in [0, 0.1) is 0 Å². The molecule has 1 aromatic carbocycles. The molecule has 1 N–H and O–H groups in total. The van der Waals surface area contributed by atoms with E-state index in [9.17, 15) is 4.79 Å². The van der Waals surface area contributed by atoms with Crippen LogP contribution in [0.3, 0.4) is 0 Å². The molecule has 0 saturated carbocycles. The second-order valence-corrected chi connectivity index (χ2v) is 4.39. The molecule has 0 bridgehead atoms. The van der Waals surface area contributed by atoms with Crippen LogP contribution < -0.4 is 5.56 Å². The largest absolute Gasteiger partial charge is 0.395 e. The minimum absolute atomic E-state index is 0.0134. The Morgan fingerprint density at radius 1 is 1.35 bits per heavy atom. The van der Waals surface area contributed by atoms with Gasteiger partial charge in [-0.15, -0.1) is 5.10 Å². The molecule has 0 aliphatic heterocycles. The van der Waals surface area contributed by atoms with E-state index < -0.39 is 0 Å². The van der Waals surface area contributed by atoms with Crippen molar-refractivity contribution >= 4 is 10.9 Å². The van der Waals surface area contributed by atoms with Crippen LogP contribution in [0.5, 0.6) is 0 Å². The summed E-state index contributed by atoms with van der Waals surface area (Å²) < 4.78 is 6.31. The van der Waals surface area contributed by atoms with Gasteiger partial charge in [0, 0.05) is 20.2 Å². The Balaban J connectivity index is 2.23. The van der Waals surface area contributed by atoms with Gasteiger partial charge in [0.1, 0.15) is 5.52 Å². The van der Waals surface area contributed by atoms with Crippen LogP contribution in [0.4, 0.5) is 0 Å². The summed E-state index contributed by atoms with van der Waals surface area (Å²) in [5.41, 5.74) is 0.398. The third-order valence-electron chi connectivity index (χ3n) is 2.99. The van der Waals surface area contributed by atoms with Gasteiger partial charge >= 0.3 is 0 Å². The van der Waals surface area contributed by atoms with E-state index in [2.05, 4.69) is 10.3 Å². The van der Waals surface area contributed by atoms with Crippen molar-refractivity contribution in [3.63, 3.8) is 0 Å². The maximum atomic E-state index is 12.3. The van der Waals surface area contributed by atoms with Gasteiger partial charge in [-0.1, -0.05) is 17.3 Å². The molecule has 0 radical (unpaired) electrons. The molecule has 2 rings (SSSR count). The number of fused-ring (bicyclic) bond motifs is 1. The first-order chi connectivity index (χ1) is 9.76. The molecule has 0 amide bonds. The van der Waals surface area contributed by atoms with E-state index in [4.69, 9.17) is 9.84 Å². The third kappa shape index (κ3) is 3.38. The van der Waals surface area contributed by atoms with E-state index in [0.717, 1.165) is 0 Å². The van der Waals surface area contributed by atoms with Gasteiger partial charge in [-0.3, -0.25) is 9.69 Å². The molecule has 20 heavy (non-hydrogen) atoms. The molecule has 2 aromatic rings. The first-order valence-corrected chi connectivity index (χ1v) is 6.41. The first kappa shape index (κ1) is 14.6. The van der Waals surface area contributed by atoms with E-state index in [1.807, 2.05) is 11.0 Å².